The van der Waals surface area contributed by atoms with Crippen LogP contribution in [0.3, 0.4) is 0 Å². The van der Waals surface area contributed by atoms with Crippen LogP contribution in [0.4, 0.5) is 5.69 Å². The maximum Gasteiger partial charge on any atom is 0.0999 e. The molecule has 0 saturated carbocycles. The van der Waals surface area contributed by atoms with Crippen LogP contribution in [0.2, 0.25) is 0 Å². The molecular formula is C12H18N4S2. The van der Waals surface area contributed by atoms with Gasteiger partial charge < -0.3 is 10.6 Å². The molecule has 0 unspecified atom stereocenters. The Labute approximate surface area is 116 Å². The predicted octanol–water partition coefficient (Wildman–Crippen LogP) is 2.06. The molecule has 1 aromatic rings. The average molecular weight is 282 g/mol. The Morgan fingerprint density at radius 3 is 2.83 bits per heavy atom. The van der Waals surface area contributed by atoms with Crippen molar-refractivity contribution in [3.8, 4) is 0 Å². The van der Waals surface area contributed by atoms with Crippen LogP contribution in [-0.2, 0) is 0 Å². The standard InChI is InChI=1S/C12H18N4S2/c1-8-6-9-11(7-10(8)17-13)18-16-12(15-9)2-4-14-5-3-12/h6-7,14-16H,2-5,13H2,1H3. The first kappa shape index (κ1) is 12.6. The minimum absolute atomic E-state index is 0.0483. The SMILES string of the molecule is Cc1cc2c(cc1SN)SNC1(CCNCC1)N2. The number of nitrogens with one attached hydrogen (secondary N) is 3. The van der Waals surface area contributed by atoms with Crippen molar-refractivity contribution in [3.05, 3.63) is 17.7 Å². The number of benzene rings is 1. The monoisotopic (exact) mass is 282 g/mol. The van der Waals surface area contributed by atoms with E-state index in [0.29, 0.717) is 0 Å². The van der Waals surface area contributed by atoms with E-state index in [1.807, 2.05) is 0 Å². The van der Waals surface area contributed by atoms with Gasteiger partial charge in [0.2, 0.25) is 0 Å². The van der Waals surface area contributed by atoms with E-state index in [1.165, 1.54) is 28.1 Å². The molecule has 2 aliphatic heterocycles. The summed E-state index contributed by atoms with van der Waals surface area (Å²) in [5, 5.41) is 12.8. The fraction of sp³-hybridized carbons (Fsp3) is 0.500. The highest BCUT2D eigenvalue weighted by molar-refractivity contribution is 7.98. The van der Waals surface area contributed by atoms with Crippen LogP contribution in [0.25, 0.3) is 0 Å². The Morgan fingerprint density at radius 2 is 2.11 bits per heavy atom. The molecule has 0 radical (unpaired) electrons. The minimum atomic E-state index is 0.0483. The zero-order chi connectivity index (χ0) is 12.6. The van der Waals surface area contributed by atoms with Crippen LogP contribution >= 0.6 is 23.9 Å². The van der Waals surface area contributed by atoms with Gasteiger partial charge in [-0.15, -0.1) is 0 Å². The summed E-state index contributed by atoms with van der Waals surface area (Å²) in [4.78, 5) is 2.38. The van der Waals surface area contributed by atoms with Crippen molar-refractivity contribution in [1.29, 1.82) is 0 Å². The summed E-state index contributed by atoms with van der Waals surface area (Å²) in [5.41, 5.74) is 2.52. The molecule has 2 heterocycles. The average Bonchev–Trinajstić information content (AvgIpc) is 2.39. The van der Waals surface area contributed by atoms with Crippen LogP contribution in [0.15, 0.2) is 21.9 Å². The maximum atomic E-state index is 5.68. The van der Waals surface area contributed by atoms with Gasteiger partial charge in [0.25, 0.3) is 0 Å². The van der Waals surface area contributed by atoms with Gasteiger partial charge in [-0.3, -0.25) is 5.14 Å². The fourth-order valence-electron chi connectivity index (χ4n) is 2.50. The van der Waals surface area contributed by atoms with Crippen LogP contribution < -0.4 is 20.5 Å². The molecule has 6 heteroatoms. The number of aryl methyl sites for hydroxylation is 1. The van der Waals surface area contributed by atoms with Crippen molar-refractivity contribution in [2.24, 2.45) is 5.14 Å². The molecule has 0 amide bonds. The molecule has 3 rings (SSSR count). The molecular weight excluding hydrogens is 264 g/mol. The number of piperidine rings is 1. The molecule has 0 aromatic heterocycles. The van der Waals surface area contributed by atoms with E-state index >= 15 is 0 Å². The normalized spacial score (nSPS) is 21.4. The molecule has 0 aliphatic carbocycles. The predicted molar refractivity (Wildman–Crippen MR) is 78.7 cm³/mol. The van der Waals surface area contributed by atoms with E-state index in [1.54, 1.807) is 11.9 Å². The van der Waals surface area contributed by atoms with Gasteiger partial charge in [0.15, 0.2) is 0 Å². The second-order valence-corrected chi connectivity index (χ2v) is 6.42. The number of rotatable bonds is 1. The van der Waals surface area contributed by atoms with Gasteiger partial charge in [0.05, 0.1) is 11.4 Å². The minimum Gasteiger partial charge on any atom is -0.366 e. The van der Waals surface area contributed by atoms with E-state index in [2.05, 4.69) is 34.4 Å². The Hall–Kier alpha value is -0.400. The van der Waals surface area contributed by atoms with Gasteiger partial charge in [0.1, 0.15) is 0 Å². The van der Waals surface area contributed by atoms with Crippen molar-refractivity contribution in [1.82, 2.24) is 10.0 Å². The van der Waals surface area contributed by atoms with E-state index in [-0.39, 0.29) is 5.66 Å². The summed E-state index contributed by atoms with van der Waals surface area (Å²) in [6, 6.07) is 4.37. The number of hydrogen-bond acceptors (Lipinski definition) is 6. The first-order valence-corrected chi connectivity index (χ1v) is 7.86. The Kier molecular flexibility index (Phi) is 3.46. The number of hydrogen-bond donors (Lipinski definition) is 4. The number of fused-ring (bicyclic) bond motifs is 1. The molecule has 0 atom stereocenters. The molecule has 5 N–H and O–H groups in total. The largest absolute Gasteiger partial charge is 0.366 e. The number of nitrogens with two attached hydrogens (primary N) is 1. The van der Waals surface area contributed by atoms with Crippen LogP contribution in [0.1, 0.15) is 18.4 Å². The third kappa shape index (κ3) is 2.23. The highest BCUT2D eigenvalue weighted by atomic mass is 32.2. The van der Waals surface area contributed by atoms with E-state index in [4.69, 9.17) is 5.14 Å². The van der Waals surface area contributed by atoms with Crippen LogP contribution in [0, 0.1) is 6.92 Å². The van der Waals surface area contributed by atoms with Crippen molar-refractivity contribution in [2.75, 3.05) is 18.4 Å². The molecule has 1 saturated heterocycles. The Bertz CT molecular complexity index is 458. The third-order valence-corrected chi connectivity index (χ3v) is 5.34. The second-order valence-electron chi connectivity index (χ2n) is 4.89. The first-order chi connectivity index (χ1) is 8.72. The van der Waals surface area contributed by atoms with Crippen molar-refractivity contribution in [2.45, 2.75) is 35.2 Å². The molecule has 1 fully saturated rings. The van der Waals surface area contributed by atoms with E-state index in [0.717, 1.165) is 30.8 Å². The van der Waals surface area contributed by atoms with Crippen LogP contribution in [-0.4, -0.2) is 18.8 Å². The Balaban J connectivity index is 1.90. The molecule has 1 spiro atoms. The van der Waals surface area contributed by atoms with E-state index < -0.39 is 0 Å². The van der Waals surface area contributed by atoms with Crippen molar-refractivity contribution < 1.29 is 0 Å². The topological polar surface area (TPSA) is 62.1 Å². The summed E-state index contributed by atoms with van der Waals surface area (Å²) < 4.78 is 3.58. The molecule has 4 nitrogen and oxygen atoms in total. The molecule has 0 bridgehead atoms. The third-order valence-electron chi connectivity index (χ3n) is 3.59. The summed E-state index contributed by atoms with van der Waals surface area (Å²) in [6.45, 7) is 4.23. The highest BCUT2D eigenvalue weighted by Crippen LogP contribution is 2.39. The van der Waals surface area contributed by atoms with Gasteiger partial charge in [-0.05, 0) is 74.4 Å². The molecule has 18 heavy (non-hydrogen) atoms. The number of anilines is 1. The van der Waals surface area contributed by atoms with Crippen LogP contribution in [0.5, 0.6) is 0 Å². The lowest BCUT2D eigenvalue weighted by atomic mass is 9.98. The lowest BCUT2D eigenvalue weighted by molar-refractivity contribution is 0.324. The van der Waals surface area contributed by atoms with E-state index in [9.17, 15) is 0 Å². The smallest absolute Gasteiger partial charge is 0.0999 e. The van der Waals surface area contributed by atoms with Gasteiger partial charge in [-0.25, -0.2) is 4.72 Å². The quantitative estimate of drug-likeness (QED) is 0.592. The zero-order valence-corrected chi connectivity index (χ0v) is 12.0. The second kappa shape index (κ2) is 4.94. The summed E-state index contributed by atoms with van der Waals surface area (Å²) >= 11 is 3.04. The summed E-state index contributed by atoms with van der Waals surface area (Å²) in [7, 11) is 0. The molecule has 2 aliphatic rings. The van der Waals surface area contributed by atoms with Gasteiger partial charge in [-0.1, -0.05) is 0 Å². The zero-order valence-electron chi connectivity index (χ0n) is 10.4. The van der Waals surface area contributed by atoms with Crippen molar-refractivity contribution >= 4 is 29.6 Å². The Morgan fingerprint density at radius 1 is 1.33 bits per heavy atom. The summed E-state index contributed by atoms with van der Waals surface area (Å²) in [6.07, 6.45) is 2.21. The lowest BCUT2D eigenvalue weighted by Crippen LogP contribution is -2.56. The van der Waals surface area contributed by atoms with Crippen molar-refractivity contribution in [3.63, 3.8) is 0 Å². The van der Waals surface area contributed by atoms with Gasteiger partial charge >= 0.3 is 0 Å². The lowest BCUT2D eigenvalue weighted by Gasteiger charge is -2.43. The maximum absolute atomic E-state index is 5.68. The molecule has 1 aromatic carbocycles. The fourth-order valence-corrected chi connectivity index (χ4v) is 3.96. The van der Waals surface area contributed by atoms with Gasteiger partial charge in [0, 0.05) is 9.79 Å². The molecule has 98 valence electrons. The summed E-state index contributed by atoms with van der Waals surface area (Å²) in [5.74, 6) is 0. The van der Waals surface area contributed by atoms with Gasteiger partial charge in [-0.2, -0.15) is 0 Å². The first-order valence-electron chi connectivity index (χ1n) is 6.17. The highest BCUT2D eigenvalue weighted by Gasteiger charge is 2.35.